The molecule has 1 N–H and O–H groups in total. The molecule has 0 saturated carbocycles. The van der Waals surface area contributed by atoms with Crippen molar-refractivity contribution in [3.05, 3.63) is 35.1 Å². The predicted molar refractivity (Wildman–Crippen MR) is 54.7 cm³/mol. The van der Waals surface area contributed by atoms with Crippen LogP contribution in [0.5, 0.6) is 0 Å². The third kappa shape index (κ3) is 2.79. The van der Waals surface area contributed by atoms with Crippen molar-refractivity contribution in [2.45, 2.75) is 13.0 Å². The molecule has 1 aromatic rings. The van der Waals surface area contributed by atoms with Gasteiger partial charge in [0.05, 0.1) is 6.10 Å². The van der Waals surface area contributed by atoms with E-state index in [9.17, 15) is 9.50 Å². The highest BCUT2D eigenvalue weighted by Crippen LogP contribution is 2.16. The maximum absolute atomic E-state index is 12.9. The Morgan fingerprint density at radius 3 is 2.57 bits per heavy atom. The minimum absolute atomic E-state index is 0.231. The summed E-state index contributed by atoms with van der Waals surface area (Å²) in [5.74, 6) is -0.231. The van der Waals surface area contributed by atoms with Gasteiger partial charge in [0.1, 0.15) is 5.82 Å². The van der Waals surface area contributed by atoms with Crippen LogP contribution in [0.2, 0.25) is 0 Å². The number of rotatable bonds is 3. The minimum Gasteiger partial charge on any atom is -0.387 e. The molecule has 0 aliphatic heterocycles. The first-order valence-electron chi connectivity index (χ1n) is 4.59. The summed E-state index contributed by atoms with van der Waals surface area (Å²) < 4.78 is 12.9. The standard InChI is InChI=1S/C11H16FNO/c1-8-6-9(4-5-10(8)12)11(14)7-13(2)3/h4-6,11,14H,7H2,1-3H3. The number of aliphatic hydroxyl groups is 1. The van der Waals surface area contributed by atoms with Crippen LogP contribution in [0.15, 0.2) is 18.2 Å². The number of aryl methyl sites for hydroxylation is 1. The number of hydrogen-bond donors (Lipinski definition) is 1. The Morgan fingerprint density at radius 2 is 2.07 bits per heavy atom. The molecule has 1 aromatic carbocycles. The van der Waals surface area contributed by atoms with Gasteiger partial charge in [-0.2, -0.15) is 0 Å². The van der Waals surface area contributed by atoms with E-state index in [0.717, 1.165) is 5.56 Å². The van der Waals surface area contributed by atoms with Gasteiger partial charge in [0.2, 0.25) is 0 Å². The van der Waals surface area contributed by atoms with Crippen LogP contribution in [0.1, 0.15) is 17.2 Å². The average molecular weight is 197 g/mol. The number of nitrogens with zero attached hydrogens (tertiary/aromatic N) is 1. The zero-order chi connectivity index (χ0) is 10.7. The molecule has 0 aliphatic rings. The number of aliphatic hydroxyl groups excluding tert-OH is 1. The van der Waals surface area contributed by atoms with Gasteiger partial charge in [0, 0.05) is 6.54 Å². The quantitative estimate of drug-likeness (QED) is 0.797. The normalized spacial score (nSPS) is 13.3. The van der Waals surface area contributed by atoms with E-state index >= 15 is 0 Å². The number of halogens is 1. The first-order valence-corrected chi connectivity index (χ1v) is 4.59. The van der Waals surface area contributed by atoms with Crippen LogP contribution in [-0.2, 0) is 0 Å². The molecule has 78 valence electrons. The molecule has 3 heteroatoms. The summed E-state index contributed by atoms with van der Waals surface area (Å²) in [5.41, 5.74) is 1.33. The van der Waals surface area contributed by atoms with Crippen LogP contribution in [0, 0.1) is 12.7 Å². The predicted octanol–water partition coefficient (Wildman–Crippen LogP) is 1.73. The van der Waals surface area contributed by atoms with E-state index in [4.69, 9.17) is 0 Å². The van der Waals surface area contributed by atoms with Gasteiger partial charge in [-0.3, -0.25) is 0 Å². The number of benzene rings is 1. The van der Waals surface area contributed by atoms with E-state index in [1.807, 2.05) is 19.0 Å². The molecule has 0 aromatic heterocycles. The molecule has 14 heavy (non-hydrogen) atoms. The molecule has 0 saturated heterocycles. The zero-order valence-electron chi connectivity index (χ0n) is 8.79. The highest BCUT2D eigenvalue weighted by atomic mass is 19.1. The Morgan fingerprint density at radius 1 is 1.43 bits per heavy atom. The SMILES string of the molecule is Cc1cc(C(O)CN(C)C)ccc1F. The van der Waals surface area contributed by atoms with E-state index in [0.29, 0.717) is 12.1 Å². The third-order valence-electron chi connectivity index (χ3n) is 2.10. The Balaban J connectivity index is 2.80. The van der Waals surface area contributed by atoms with Crippen LogP contribution in [-0.4, -0.2) is 30.6 Å². The average Bonchev–Trinajstić information content (AvgIpc) is 2.08. The van der Waals surface area contributed by atoms with Crippen molar-refractivity contribution in [2.24, 2.45) is 0 Å². The lowest BCUT2D eigenvalue weighted by Gasteiger charge is -2.16. The molecule has 0 amide bonds. The van der Waals surface area contributed by atoms with Crippen LogP contribution < -0.4 is 0 Å². The summed E-state index contributed by atoms with van der Waals surface area (Å²) in [4.78, 5) is 1.89. The fraction of sp³-hybridized carbons (Fsp3) is 0.455. The fourth-order valence-corrected chi connectivity index (χ4v) is 1.33. The fourth-order valence-electron chi connectivity index (χ4n) is 1.33. The van der Waals surface area contributed by atoms with Crippen molar-refractivity contribution in [2.75, 3.05) is 20.6 Å². The maximum Gasteiger partial charge on any atom is 0.126 e. The monoisotopic (exact) mass is 197 g/mol. The van der Waals surface area contributed by atoms with Gasteiger partial charge in [-0.05, 0) is 38.2 Å². The van der Waals surface area contributed by atoms with Gasteiger partial charge >= 0.3 is 0 Å². The van der Waals surface area contributed by atoms with Crippen LogP contribution in [0.3, 0.4) is 0 Å². The second-order valence-corrected chi connectivity index (χ2v) is 3.79. The summed E-state index contributed by atoms with van der Waals surface area (Å²) in [6, 6.07) is 4.70. The molecule has 0 heterocycles. The summed E-state index contributed by atoms with van der Waals surface area (Å²) >= 11 is 0. The lowest BCUT2D eigenvalue weighted by atomic mass is 10.1. The molecule has 0 spiro atoms. The van der Waals surface area contributed by atoms with Crippen LogP contribution >= 0.6 is 0 Å². The van der Waals surface area contributed by atoms with Gasteiger partial charge in [-0.1, -0.05) is 12.1 Å². The zero-order valence-corrected chi connectivity index (χ0v) is 8.79. The second-order valence-electron chi connectivity index (χ2n) is 3.79. The van der Waals surface area contributed by atoms with Gasteiger partial charge in [-0.15, -0.1) is 0 Å². The summed E-state index contributed by atoms with van der Waals surface area (Å²) in [6.07, 6.45) is -0.552. The third-order valence-corrected chi connectivity index (χ3v) is 2.10. The number of likely N-dealkylation sites (N-methyl/N-ethyl adjacent to an activating group) is 1. The largest absolute Gasteiger partial charge is 0.387 e. The van der Waals surface area contributed by atoms with Crippen molar-refractivity contribution >= 4 is 0 Å². The maximum atomic E-state index is 12.9. The van der Waals surface area contributed by atoms with Crippen molar-refractivity contribution in [1.82, 2.24) is 4.90 Å². The van der Waals surface area contributed by atoms with Crippen molar-refractivity contribution in [3.63, 3.8) is 0 Å². The molecule has 1 unspecified atom stereocenters. The summed E-state index contributed by atoms with van der Waals surface area (Å²) in [6.45, 7) is 2.24. The van der Waals surface area contributed by atoms with E-state index in [2.05, 4.69) is 0 Å². The van der Waals surface area contributed by atoms with Crippen LogP contribution in [0.4, 0.5) is 4.39 Å². The lowest BCUT2D eigenvalue weighted by Crippen LogP contribution is -2.20. The topological polar surface area (TPSA) is 23.5 Å². The Hall–Kier alpha value is -0.930. The second kappa shape index (κ2) is 4.53. The Bertz CT molecular complexity index is 312. The van der Waals surface area contributed by atoms with Crippen molar-refractivity contribution in [1.29, 1.82) is 0 Å². The van der Waals surface area contributed by atoms with E-state index in [-0.39, 0.29) is 5.82 Å². The van der Waals surface area contributed by atoms with Gasteiger partial charge in [0.15, 0.2) is 0 Å². The molecule has 1 atom stereocenters. The smallest absolute Gasteiger partial charge is 0.126 e. The van der Waals surface area contributed by atoms with Gasteiger partial charge in [-0.25, -0.2) is 4.39 Å². The van der Waals surface area contributed by atoms with Crippen molar-refractivity contribution in [3.8, 4) is 0 Å². The molecular formula is C11H16FNO. The molecule has 0 aliphatic carbocycles. The van der Waals surface area contributed by atoms with E-state index < -0.39 is 6.10 Å². The van der Waals surface area contributed by atoms with Gasteiger partial charge < -0.3 is 10.0 Å². The van der Waals surface area contributed by atoms with Crippen molar-refractivity contribution < 1.29 is 9.50 Å². The van der Waals surface area contributed by atoms with Crippen LogP contribution in [0.25, 0.3) is 0 Å². The molecule has 0 fully saturated rings. The molecule has 0 bridgehead atoms. The highest BCUT2D eigenvalue weighted by molar-refractivity contribution is 5.25. The lowest BCUT2D eigenvalue weighted by molar-refractivity contribution is 0.138. The molecular weight excluding hydrogens is 181 g/mol. The first kappa shape index (κ1) is 11.1. The molecule has 1 rings (SSSR count). The molecule has 2 nitrogen and oxygen atoms in total. The number of hydrogen-bond acceptors (Lipinski definition) is 2. The van der Waals surface area contributed by atoms with E-state index in [1.165, 1.54) is 6.07 Å². The van der Waals surface area contributed by atoms with Gasteiger partial charge in [0.25, 0.3) is 0 Å². The Labute approximate surface area is 84.0 Å². The van der Waals surface area contributed by atoms with E-state index in [1.54, 1.807) is 19.1 Å². The Kier molecular flexibility index (Phi) is 3.61. The first-order chi connectivity index (χ1) is 6.50. The summed E-state index contributed by atoms with van der Waals surface area (Å²) in [7, 11) is 3.78. The minimum atomic E-state index is -0.552. The molecule has 0 radical (unpaired) electrons. The summed E-state index contributed by atoms with van der Waals surface area (Å²) in [5, 5.41) is 9.74. The highest BCUT2D eigenvalue weighted by Gasteiger charge is 2.09.